The highest BCUT2D eigenvalue weighted by Gasteiger charge is 2.39. The molecule has 2 fully saturated rings. The van der Waals surface area contributed by atoms with Crippen LogP contribution in [-0.4, -0.2) is 95.7 Å². The average molecular weight is 1750 g/mol. The van der Waals surface area contributed by atoms with Crippen molar-refractivity contribution in [2.24, 2.45) is 5.92 Å². The van der Waals surface area contributed by atoms with Crippen molar-refractivity contribution in [3.05, 3.63) is 356 Å². The molecule has 21 aromatic rings. The molecule has 2 amide bonds. The van der Waals surface area contributed by atoms with E-state index in [1.807, 2.05) is 109 Å². The third-order valence-corrected chi connectivity index (χ3v) is 25.9. The van der Waals surface area contributed by atoms with Crippen molar-refractivity contribution in [2.75, 3.05) is 29.5 Å². The van der Waals surface area contributed by atoms with Crippen LogP contribution in [0.5, 0.6) is 0 Å². The summed E-state index contributed by atoms with van der Waals surface area (Å²) in [5, 5.41) is 6.12. The molecule has 10 aromatic carbocycles. The third-order valence-electron chi connectivity index (χ3n) is 25.6. The Labute approximate surface area is 765 Å². The number of benzene rings is 10. The van der Waals surface area contributed by atoms with Crippen LogP contribution in [0, 0.1) is 12.8 Å². The first kappa shape index (κ1) is 82.8. The van der Waals surface area contributed by atoms with Crippen LogP contribution in [0.3, 0.4) is 0 Å². The molecule has 11 aromatic heterocycles. The molecule has 0 bridgehead atoms. The number of amides is 2. The fraction of sp³-hybridized carbons (Fsp3) is 0.147. The zero-order valence-corrected chi connectivity index (χ0v) is 73.8. The van der Waals surface area contributed by atoms with Crippen molar-refractivity contribution in [3.8, 4) is 89.9 Å². The molecule has 0 radical (unpaired) electrons. The first-order chi connectivity index (χ1) is 64.4. The van der Waals surface area contributed by atoms with Crippen molar-refractivity contribution < 1.29 is 9.59 Å². The molecule has 24 rings (SSSR count). The molecule has 2 saturated carbocycles. The zero-order valence-electron chi connectivity index (χ0n) is 73.1. The summed E-state index contributed by atoms with van der Waals surface area (Å²) in [5.41, 5.74) is 47.6. The maximum atomic E-state index is 12.9. The molecule has 3 aliphatic rings. The van der Waals surface area contributed by atoms with Crippen molar-refractivity contribution >= 4 is 112 Å². The minimum Gasteiger partial charge on any atom is -0.382 e. The van der Waals surface area contributed by atoms with Crippen LogP contribution < -0.4 is 22.9 Å². The van der Waals surface area contributed by atoms with Gasteiger partial charge in [0, 0.05) is 128 Å². The smallest absolute Gasteiger partial charge is 0.261 e. The molecule has 23 heteroatoms. The van der Waals surface area contributed by atoms with E-state index in [0.29, 0.717) is 51.9 Å². The number of imidazole rings is 4. The number of hydrogen-bond donors (Lipinski definition) is 4. The van der Waals surface area contributed by atoms with Gasteiger partial charge < -0.3 is 22.9 Å². The first-order valence-electron chi connectivity index (χ1n) is 44.5. The van der Waals surface area contributed by atoms with Gasteiger partial charge in [0.1, 0.15) is 91.4 Å². The third kappa shape index (κ3) is 15.7. The van der Waals surface area contributed by atoms with Gasteiger partial charge in [0.05, 0.1) is 49.8 Å². The van der Waals surface area contributed by atoms with Gasteiger partial charge >= 0.3 is 0 Å². The van der Waals surface area contributed by atoms with Gasteiger partial charge in [-0.2, -0.15) is 0 Å². The van der Waals surface area contributed by atoms with E-state index < -0.39 is 0 Å². The molecular formula is C109H91ClN20O2. The monoisotopic (exact) mass is 1750 g/mol. The lowest BCUT2D eigenvalue weighted by Crippen LogP contribution is -2.35. The summed E-state index contributed by atoms with van der Waals surface area (Å²) in [6, 6.07) is 89.8. The number of aromatic nitrogens is 15. The number of fused-ring (bicyclic) bond motifs is 9. The number of hydrogen-bond acceptors (Lipinski definition) is 17. The largest absolute Gasteiger partial charge is 0.382 e. The number of carbonyl (C=O) groups excluding carboxylic acids is 2. The van der Waals surface area contributed by atoms with Crippen LogP contribution in [0.2, 0.25) is 5.02 Å². The van der Waals surface area contributed by atoms with Gasteiger partial charge in [0.15, 0.2) is 0 Å². The minimum atomic E-state index is -0.180. The maximum absolute atomic E-state index is 12.9. The number of pyridine rings is 3. The number of nitrogens with two attached hydrogens (primary N) is 4. The average Bonchev–Trinajstić information content (AvgIpc) is 1.61. The Balaban J connectivity index is 0.000000108. The Morgan fingerprint density at radius 3 is 1.18 bits per heavy atom. The van der Waals surface area contributed by atoms with E-state index in [1.54, 1.807) is 49.1 Å². The fourth-order valence-corrected chi connectivity index (χ4v) is 18.9. The number of halogens is 1. The van der Waals surface area contributed by atoms with Crippen LogP contribution in [0.4, 0.5) is 23.3 Å². The van der Waals surface area contributed by atoms with Gasteiger partial charge in [-0.1, -0.05) is 239 Å². The van der Waals surface area contributed by atoms with Crippen molar-refractivity contribution in [2.45, 2.75) is 89.9 Å². The molecule has 0 unspecified atom stereocenters. The molecule has 1 aliphatic heterocycles. The second kappa shape index (κ2) is 34.4. The van der Waals surface area contributed by atoms with Crippen LogP contribution in [0.25, 0.3) is 155 Å². The Hall–Kier alpha value is -16.2. The number of aryl methyl sites for hydroxylation is 1. The van der Waals surface area contributed by atoms with Crippen LogP contribution in [-0.2, 0) is 5.41 Å². The number of nitrogen functional groups attached to an aromatic ring is 4. The summed E-state index contributed by atoms with van der Waals surface area (Å²) in [4.78, 5) is 79.3. The molecule has 0 atom stereocenters. The molecule has 0 saturated heterocycles. The number of anilines is 4. The van der Waals surface area contributed by atoms with E-state index in [0.717, 1.165) is 206 Å². The lowest BCUT2D eigenvalue weighted by molar-refractivity contribution is 0.0614. The van der Waals surface area contributed by atoms with Gasteiger partial charge in [0.25, 0.3) is 11.8 Å². The molecular weight excluding hydrogens is 1660 g/mol. The minimum absolute atomic E-state index is 0.134. The van der Waals surface area contributed by atoms with E-state index in [2.05, 4.69) is 224 Å². The Morgan fingerprint density at radius 2 is 0.720 bits per heavy atom. The molecule has 646 valence electrons. The van der Waals surface area contributed by atoms with Crippen molar-refractivity contribution in [1.29, 1.82) is 0 Å². The Morgan fingerprint density at radius 1 is 0.341 bits per heavy atom. The van der Waals surface area contributed by atoms with E-state index in [9.17, 15) is 9.59 Å². The van der Waals surface area contributed by atoms with E-state index >= 15 is 0 Å². The van der Waals surface area contributed by atoms with Crippen LogP contribution in [0.15, 0.2) is 316 Å². The Bertz CT molecular complexity index is 8020. The Kier molecular flexibility index (Phi) is 21.6. The first-order valence-corrected chi connectivity index (χ1v) is 44.9. The lowest BCUT2D eigenvalue weighted by Gasteiger charge is -2.30. The number of nitrogens with zero attached hydrogens (tertiary/aromatic N) is 16. The predicted octanol–water partition coefficient (Wildman–Crippen LogP) is 23.5. The normalized spacial score (nSPS) is 14.5. The molecule has 8 N–H and O–H groups in total. The van der Waals surface area contributed by atoms with Crippen molar-refractivity contribution in [3.63, 3.8) is 0 Å². The summed E-state index contributed by atoms with van der Waals surface area (Å²) < 4.78 is 8.21. The summed E-state index contributed by atoms with van der Waals surface area (Å²) >= 11 is 6.77. The fourth-order valence-electron chi connectivity index (χ4n) is 18.6. The van der Waals surface area contributed by atoms with Gasteiger partial charge in [-0.25, -0.2) is 54.8 Å². The predicted molar refractivity (Wildman–Crippen MR) is 528 cm³/mol. The highest BCUT2D eigenvalue weighted by molar-refractivity contribution is 6.34. The van der Waals surface area contributed by atoms with E-state index in [-0.39, 0.29) is 29.1 Å². The van der Waals surface area contributed by atoms with Gasteiger partial charge in [0.2, 0.25) is 0 Å². The molecule has 132 heavy (non-hydrogen) atoms. The summed E-state index contributed by atoms with van der Waals surface area (Å²) in [5.74, 6) is 6.29. The van der Waals surface area contributed by atoms with E-state index in [1.165, 1.54) is 22.4 Å². The summed E-state index contributed by atoms with van der Waals surface area (Å²) in [6.45, 7) is 8.87. The highest BCUT2D eigenvalue weighted by atomic mass is 35.5. The number of imide groups is 1. The number of rotatable bonds is 12. The van der Waals surface area contributed by atoms with Crippen molar-refractivity contribution in [1.82, 2.24) is 77.3 Å². The quantitative estimate of drug-likeness (QED) is 0.0826. The van der Waals surface area contributed by atoms with Crippen LogP contribution >= 0.6 is 11.6 Å². The van der Waals surface area contributed by atoms with E-state index in [4.69, 9.17) is 69.4 Å². The highest BCUT2D eigenvalue weighted by Crippen LogP contribution is 2.45. The second-order valence-corrected chi connectivity index (χ2v) is 35.5. The second-order valence-electron chi connectivity index (χ2n) is 35.1. The SMILES string of the molecule is CC(C)(C)c1nc(-c2ccc3ccc(-c4ccccc4)nc3c2)c2c(N)nccn12.Cc1nc(-c2ccc3ccc(-c4ccccc4)nc3c2)c2c(N)nccn12.Nc1nccn2c(C3CCC(CN4C(=O)c5ccccc5C4=O)CC3)nc(-c3ccc4ccc(-c5ccccc5)nc4c3)c12.Nc1nccn2c(C3CCC3)nc(-c3cc4cc(-c5ccccc5)ccc4cc3Cl)c12. The molecule has 12 heterocycles. The lowest BCUT2D eigenvalue weighted by atomic mass is 9.81. The summed E-state index contributed by atoms with van der Waals surface area (Å²) in [6.07, 6.45) is 21.8. The van der Waals surface area contributed by atoms with Gasteiger partial charge in [-0.15, -0.1) is 0 Å². The molecule has 2 aliphatic carbocycles. The van der Waals surface area contributed by atoms with Gasteiger partial charge in [-0.3, -0.25) is 32.1 Å². The molecule has 0 spiro atoms. The van der Waals surface area contributed by atoms with Crippen LogP contribution in [0.1, 0.15) is 122 Å². The summed E-state index contributed by atoms with van der Waals surface area (Å²) in [7, 11) is 0. The molecule has 22 nitrogen and oxygen atoms in total. The zero-order chi connectivity index (χ0) is 90.0. The topological polar surface area (TPSA) is 301 Å². The van der Waals surface area contributed by atoms with Gasteiger partial charge in [-0.05, 0) is 140 Å². The standard InChI is InChI=1S/C36H30N6O2.C26H21ClN4.C25H23N5.C22H17N5/c37-33-32-31(26-15-14-24-16-17-29(39-30(24)20-26)23-6-2-1-3-7-23)40-34(41(32)19-18-38-33)25-12-10-22(11-13-25)21-42-35(43)27-8-4-5-9-28(27)36(42)44;27-22-15-19-10-9-18(16-5-2-1-3-6-16)13-20(19)14-21(22)23-24-25(28)29-11-12-31(24)26(30-23)17-7-4-8-17;1-25(2,3)24-29-21(22-23(26)27-13-14-30(22)24)18-10-9-17-11-12-19(28-20(17)15-18)16-7-5-4-6-8-16;1-14-25-20(21-22(23)24-11-12-27(14)21)17-8-7-16-9-10-18(26-19(16)13-17)15-5-3-2-4-6-15/h1-9,14-20,22,25H,10-13,21H2,(H2,37,38);1-3,5-6,9-15,17H,4,7-8H2,(H2,28,29);4-15H,1-3H3,(H2,26,27);2-13H,1H3,(H2,23,24). The number of carbonyl (C=O) groups is 2. The maximum Gasteiger partial charge on any atom is 0.261 e.